The predicted molar refractivity (Wildman–Crippen MR) is 78.3 cm³/mol. The summed E-state index contributed by atoms with van der Waals surface area (Å²) in [6, 6.07) is 0.481. The van der Waals surface area contributed by atoms with Crippen molar-refractivity contribution in [3.05, 3.63) is 0 Å². The van der Waals surface area contributed by atoms with Crippen LogP contribution in [0.4, 0.5) is 0 Å². The SMILES string of the molecule is CCOC(=O)C1CCC(O)(CNC(C)CC2CC2)CC1. The van der Waals surface area contributed by atoms with E-state index in [1.165, 1.54) is 19.3 Å². The molecule has 2 N–H and O–H groups in total. The summed E-state index contributed by atoms with van der Waals surface area (Å²) in [5, 5.41) is 14.1. The monoisotopic (exact) mass is 283 g/mol. The number of ether oxygens (including phenoxy) is 1. The first kappa shape index (κ1) is 15.8. The van der Waals surface area contributed by atoms with E-state index in [0.717, 1.165) is 18.8 Å². The maximum atomic E-state index is 11.7. The molecule has 0 spiro atoms. The molecular weight excluding hydrogens is 254 g/mol. The van der Waals surface area contributed by atoms with Crippen molar-refractivity contribution < 1.29 is 14.6 Å². The highest BCUT2D eigenvalue weighted by Gasteiger charge is 2.36. The second kappa shape index (κ2) is 6.90. The number of rotatable bonds is 7. The molecule has 1 unspecified atom stereocenters. The van der Waals surface area contributed by atoms with Crippen molar-refractivity contribution >= 4 is 5.97 Å². The molecule has 1 atom stereocenters. The minimum absolute atomic E-state index is 0.0147. The fourth-order valence-electron chi connectivity index (χ4n) is 3.13. The third-order valence-corrected chi connectivity index (χ3v) is 4.70. The molecule has 2 aliphatic carbocycles. The van der Waals surface area contributed by atoms with E-state index in [-0.39, 0.29) is 11.9 Å². The van der Waals surface area contributed by atoms with Crippen LogP contribution >= 0.6 is 0 Å². The van der Waals surface area contributed by atoms with Crippen LogP contribution in [0.5, 0.6) is 0 Å². The van der Waals surface area contributed by atoms with Crippen LogP contribution in [0.25, 0.3) is 0 Å². The van der Waals surface area contributed by atoms with Crippen LogP contribution in [0.2, 0.25) is 0 Å². The predicted octanol–water partition coefficient (Wildman–Crippen LogP) is 2.25. The zero-order valence-corrected chi connectivity index (χ0v) is 12.9. The van der Waals surface area contributed by atoms with Crippen molar-refractivity contribution in [3.8, 4) is 0 Å². The van der Waals surface area contributed by atoms with Gasteiger partial charge in [-0.2, -0.15) is 0 Å². The van der Waals surface area contributed by atoms with Crippen molar-refractivity contribution in [3.63, 3.8) is 0 Å². The number of nitrogens with one attached hydrogen (secondary N) is 1. The van der Waals surface area contributed by atoms with Gasteiger partial charge in [0.15, 0.2) is 0 Å². The van der Waals surface area contributed by atoms with Crippen LogP contribution < -0.4 is 5.32 Å². The largest absolute Gasteiger partial charge is 0.466 e. The van der Waals surface area contributed by atoms with Crippen molar-refractivity contribution in [2.75, 3.05) is 13.2 Å². The van der Waals surface area contributed by atoms with E-state index in [9.17, 15) is 9.90 Å². The lowest BCUT2D eigenvalue weighted by Crippen LogP contribution is -2.46. The molecule has 0 aromatic heterocycles. The standard InChI is InChI=1S/C16H29NO3/c1-3-20-15(18)14-6-8-16(19,9-7-14)11-17-12(2)10-13-4-5-13/h12-14,17,19H,3-11H2,1-2H3. The van der Waals surface area contributed by atoms with E-state index >= 15 is 0 Å². The van der Waals surface area contributed by atoms with Gasteiger partial charge in [-0.05, 0) is 51.9 Å². The average molecular weight is 283 g/mol. The van der Waals surface area contributed by atoms with Crippen LogP contribution in [-0.4, -0.2) is 35.9 Å². The van der Waals surface area contributed by atoms with Gasteiger partial charge in [0.1, 0.15) is 0 Å². The molecule has 0 bridgehead atoms. The molecule has 2 aliphatic rings. The summed E-state index contributed by atoms with van der Waals surface area (Å²) in [6.45, 7) is 5.13. The third kappa shape index (κ3) is 4.74. The van der Waals surface area contributed by atoms with E-state index in [4.69, 9.17) is 4.74 Å². The molecule has 2 fully saturated rings. The molecule has 0 aromatic carbocycles. The Morgan fingerprint density at radius 1 is 1.35 bits per heavy atom. The highest BCUT2D eigenvalue weighted by molar-refractivity contribution is 5.72. The fourth-order valence-corrected chi connectivity index (χ4v) is 3.13. The average Bonchev–Trinajstić information content (AvgIpc) is 3.22. The van der Waals surface area contributed by atoms with Crippen LogP contribution in [0, 0.1) is 11.8 Å². The van der Waals surface area contributed by atoms with Gasteiger partial charge in [-0.1, -0.05) is 12.8 Å². The minimum atomic E-state index is -0.638. The lowest BCUT2D eigenvalue weighted by atomic mass is 9.78. The fraction of sp³-hybridized carbons (Fsp3) is 0.938. The topological polar surface area (TPSA) is 58.6 Å². The molecule has 4 nitrogen and oxygen atoms in total. The van der Waals surface area contributed by atoms with Gasteiger partial charge in [0, 0.05) is 12.6 Å². The quantitative estimate of drug-likeness (QED) is 0.704. The Morgan fingerprint density at radius 2 is 2.00 bits per heavy atom. The number of aliphatic hydroxyl groups is 1. The second-order valence-corrected chi connectivity index (χ2v) is 6.71. The third-order valence-electron chi connectivity index (χ3n) is 4.70. The van der Waals surface area contributed by atoms with Gasteiger partial charge >= 0.3 is 5.97 Å². The summed E-state index contributed by atoms with van der Waals surface area (Å²) in [5.41, 5.74) is -0.638. The van der Waals surface area contributed by atoms with Crippen LogP contribution in [0.3, 0.4) is 0 Å². The van der Waals surface area contributed by atoms with E-state index in [0.29, 0.717) is 32.0 Å². The number of carbonyl (C=O) groups excluding carboxylic acids is 1. The van der Waals surface area contributed by atoms with Gasteiger partial charge in [-0.25, -0.2) is 0 Å². The Balaban J connectivity index is 1.68. The highest BCUT2D eigenvalue weighted by Crippen LogP contribution is 2.34. The zero-order valence-electron chi connectivity index (χ0n) is 12.9. The smallest absolute Gasteiger partial charge is 0.308 e. The lowest BCUT2D eigenvalue weighted by molar-refractivity contribution is -0.151. The Bertz CT molecular complexity index is 320. The number of carbonyl (C=O) groups is 1. The lowest BCUT2D eigenvalue weighted by Gasteiger charge is -2.36. The number of hydrogen-bond donors (Lipinski definition) is 2. The van der Waals surface area contributed by atoms with E-state index in [1.807, 2.05) is 6.92 Å². The maximum absolute atomic E-state index is 11.7. The molecule has 2 rings (SSSR count). The van der Waals surface area contributed by atoms with Crippen molar-refractivity contribution in [2.45, 2.75) is 70.4 Å². The van der Waals surface area contributed by atoms with Gasteiger partial charge in [-0.15, -0.1) is 0 Å². The Morgan fingerprint density at radius 3 is 2.55 bits per heavy atom. The van der Waals surface area contributed by atoms with Crippen LogP contribution in [0.1, 0.15) is 58.8 Å². The molecule has 0 aliphatic heterocycles. The molecule has 0 amide bonds. The Labute approximate surface area is 122 Å². The van der Waals surface area contributed by atoms with E-state index < -0.39 is 5.60 Å². The van der Waals surface area contributed by atoms with Gasteiger partial charge in [-0.3, -0.25) is 4.79 Å². The summed E-state index contributed by atoms with van der Waals surface area (Å²) >= 11 is 0. The van der Waals surface area contributed by atoms with Crippen LogP contribution in [-0.2, 0) is 9.53 Å². The van der Waals surface area contributed by atoms with Crippen molar-refractivity contribution in [1.82, 2.24) is 5.32 Å². The zero-order chi connectivity index (χ0) is 14.6. The normalized spacial score (nSPS) is 31.9. The summed E-state index contributed by atoms with van der Waals surface area (Å²) in [5.74, 6) is 0.801. The second-order valence-electron chi connectivity index (χ2n) is 6.71. The van der Waals surface area contributed by atoms with Crippen molar-refractivity contribution in [1.29, 1.82) is 0 Å². The van der Waals surface area contributed by atoms with Gasteiger partial charge in [0.05, 0.1) is 18.1 Å². The maximum Gasteiger partial charge on any atom is 0.308 e. The number of hydrogen-bond acceptors (Lipinski definition) is 4. The molecule has 116 valence electrons. The molecule has 20 heavy (non-hydrogen) atoms. The highest BCUT2D eigenvalue weighted by atomic mass is 16.5. The van der Waals surface area contributed by atoms with E-state index in [1.54, 1.807) is 0 Å². The van der Waals surface area contributed by atoms with Gasteiger partial charge in [0.2, 0.25) is 0 Å². The Kier molecular flexibility index (Phi) is 5.44. The molecule has 2 saturated carbocycles. The first-order chi connectivity index (χ1) is 9.52. The molecule has 0 saturated heterocycles. The number of esters is 1. The van der Waals surface area contributed by atoms with Gasteiger partial charge in [0.25, 0.3) is 0 Å². The van der Waals surface area contributed by atoms with E-state index in [2.05, 4.69) is 12.2 Å². The summed E-state index contributed by atoms with van der Waals surface area (Å²) in [7, 11) is 0. The molecule has 4 heteroatoms. The minimum Gasteiger partial charge on any atom is -0.466 e. The summed E-state index contributed by atoms with van der Waals surface area (Å²) in [6.07, 6.45) is 6.85. The first-order valence-electron chi connectivity index (χ1n) is 8.15. The van der Waals surface area contributed by atoms with Crippen LogP contribution in [0.15, 0.2) is 0 Å². The van der Waals surface area contributed by atoms with Crippen molar-refractivity contribution in [2.24, 2.45) is 11.8 Å². The summed E-state index contributed by atoms with van der Waals surface area (Å²) in [4.78, 5) is 11.7. The van der Waals surface area contributed by atoms with Gasteiger partial charge < -0.3 is 15.2 Å². The molecule has 0 radical (unpaired) electrons. The Hall–Kier alpha value is -0.610. The molecule has 0 heterocycles. The summed E-state index contributed by atoms with van der Waals surface area (Å²) < 4.78 is 5.06. The molecule has 0 aromatic rings. The molecular formula is C16H29NO3. The first-order valence-corrected chi connectivity index (χ1v) is 8.15.